The highest BCUT2D eigenvalue weighted by molar-refractivity contribution is 7.89. The van der Waals surface area contributed by atoms with Gasteiger partial charge in [-0.25, -0.2) is 8.42 Å². The van der Waals surface area contributed by atoms with Gasteiger partial charge in [-0.05, 0) is 36.8 Å². The number of carbonyl (C=O) groups is 1. The van der Waals surface area contributed by atoms with Crippen LogP contribution in [0.4, 0.5) is 0 Å². The van der Waals surface area contributed by atoms with Crippen LogP contribution < -0.4 is 5.32 Å². The molecule has 0 radical (unpaired) electrons. The molecule has 1 heterocycles. The lowest BCUT2D eigenvalue weighted by Gasteiger charge is -2.19. The van der Waals surface area contributed by atoms with Crippen molar-refractivity contribution in [2.24, 2.45) is 0 Å². The quantitative estimate of drug-likeness (QED) is 0.806. The van der Waals surface area contributed by atoms with E-state index < -0.39 is 10.0 Å². The van der Waals surface area contributed by atoms with E-state index >= 15 is 0 Å². The molecule has 0 aliphatic rings. The molecule has 7 heteroatoms. The molecule has 1 aromatic carbocycles. The molecular formula is C17H23N3O3S. The van der Waals surface area contributed by atoms with Crippen molar-refractivity contribution in [2.45, 2.75) is 31.7 Å². The van der Waals surface area contributed by atoms with Crippen LogP contribution in [0.25, 0.3) is 0 Å². The van der Waals surface area contributed by atoms with Crippen LogP contribution in [0.15, 0.2) is 47.5 Å². The molecule has 0 spiro atoms. The summed E-state index contributed by atoms with van der Waals surface area (Å²) in [6, 6.07) is 9.85. The lowest BCUT2D eigenvalue weighted by molar-refractivity contribution is 0.0935. The summed E-state index contributed by atoms with van der Waals surface area (Å²) in [4.78, 5) is 15.2. The molecule has 1 aromatic heterocycles. The molecule has 2 N–H and O–H groups in total. The predicted octanol–water partition coefficient (Wildman–Crippen LogP) is 2.54. The van der Waals surface area contributed by atoms with Crippen molar-refractivity contribution in [3.63, 3.8) is 0 Å². The van der Waals surface area contributed by atoms with Gasteiger partial charge in [0.25, 0.3) is 5.91 Å². The summed E-state index contributed by atoms with van der Waals surface area (Å²) in [6.45, 7) is 6.35. The number of nitrogens with one attached hydrogen (secondary N) is 2. The van der Waals surface area contributed by atoms with Gasteiger partial charge in [0.2, 0.25) is 10.0 Å². The number of H-pyrrole nitrogens is 1. The van der Waals surface area contributed by atoms with Gasteiger partial charge in [0.15, 0.2) is 0 Å². The molecular weight excluding hydrogens is 326 g/mol. The first-order chi connectivity index (χ1) is 11.4. The van der Waals surface area contributed by atoms with Gasteiger partial charge in [-0.15, -0.1) is 0 Å². The van der Waals surface area contributed by atoms with Crippen LogP contribution in [0.5, 0.6) is 0 Å². The summed E-state index contributed by atoms with van der Waals surface area (Å²) in [5, 5.41) is 2.87. The Balaban J connectivity index is 2.13. The van der Waals surface area contributed by atoms with E-state index in [0.717, 1.165) is 5.56 Å². The minimum Gasteiger partial charge on any atom is -0.357 e. The van der Waals surface area contributed by atoms with E-state index in [-0.39, 0.29) is 16.8 Å². The van der Waals surface area contributed by atoms with Gasteiger partial charge in [0.1, 0.15) is 5.69 Å². The largest absolute Gasteiger partial charge is 0.357 e. The Bertz CT molecular complexity index is 764. The summed E-state index contributed by atoms with van der Waals surface area (Å²) < 4.78 is 26.3. The van der Waals surface area contributed by atoms with E-state index in [2.05, 4.69) is 10.3 Å². The Morgan fingerprint density at radius 2 is 1.79 bits per heavy atom. The minimum atomic E-state index is -3.46. The van der Waals surface area contributed by atoms with Crippen molar-refractivity contribution in [2.75, 3.05) is 13.1 Å². The SMILES string of the molecule is CCN(CC)S(=O)(=O)c1ccc(C(C)NC(=O)c2ccc[nH]2)cc1. The van der Waals surface area contributed by atoms with Crippen LogP contribution >= 0.6 is 0 Å². The van der Waals surface area contributed by atoms with Gasteiger partial charge in [-0.2, -0.15) is 4.31 Å². The van der Waals surface area contributed by atoms with E-state index in [1.807, 2.05) is 20.8 Å². The van der Waals surface area contributed by atoms with Crippen molar-refractivity contribution >= 4 is 15.9 Å². The number of carbonyl (C=O) groups excluding carboxylic acids is 1. The molecule has 0 aliphatic carbocycles. The molecule has 1 unspecified atom stereocenters. The van der Waals surface area contributed by atoms with Crippen LogP contribution in [0.3, 0.4) is 0 Å². The van der Waals surface area contributed by atoms with Crippen LogP contribution in [0.1, 0.15) is 42.9 Å². The van der Waals surface area contributed by atoms with E-state index in [1.54, 1.807) is 42.6 Å². The van der Waals surface area contributed by atoms with Crippen LogP contribution in [-0.2, 0) is 10.0 Å². The summed E-state index contributed by atoms with van der Waals surface area (Å²) in [5.41, 5.74) is 1.33. The Labute approximate surface area is 142 Å². The monoisotopic (exact) mass is 349 g/mol. The van der Waals surface area contributed by atoms with Crippen molar-refractivity contribution in [3.8, 4) is 0 Å². The Hall–Kier alpha value is -2.12. The van der Waals surface area contributed by atoms with Crippen LogP contribution in [0, 0.1) is 0 Å². The number of hydrogen-bond acceptors (Lipinski definition) is 3. The van der Waals surface area contributed by atoms with Crippen molar-refractivity contribution < 1.29 is 13.2 Å². The number of aromatic nitrogens is 1. The van der Waals surface area contributed by atoms with Crippen molar-refractivity contribution in [1.29, 1.82) is 0 Å². The van der Waals surface area contributed by atoms with Crippen molar-refractivity contribution in [3.05, 3.63) is 53.9 Å². The molecule has 6 nitrogen and oxygen atoms in total. The smallest absolute Gasteiger partial charge is 0.268 e. The van der Waals surface area contributed by atoms with Gasteiger partial charge in [0.05, 0.1) is 10.9 Å². The van der Waals surface area contributed by atoms with Gasteiger partial charge in [-0.3, -0.25) is 4.79 Å². The molecule has 2 aromatic rings. The number of aromatic amines is 1. The maximum Gasteiger partial charge on any atom is 0.268 e. The molecule has 1 amide bonds. The number of amides is 1. The summed E-state index contributed by atoms with van der Waals surface area (Å²) in [5.74, 6) is -0.202. The average molecular weight is 349 g/mol. The molecule has 0 fully saturated rings. The Kier molecular flexibility index (Phi) is 5.80. The van der Waals surface area contributed by atoms with Crippen LogP contribution in [-0.4, -0.2) is 36.7 Å². The number of rotatable bonds is 7. The zero-order valence-corrected chi connectivity index (χ0v) is 14.9. The zero-order chi connectivity index (χ0) is 17.7. The Morgan fingerprint density at radius 1 is 1.17 bits per heavy atom. The first kappa shape index (κ1) is 18.2. The topological polar surface area (TPSA) is 82.3 Å². The van der Waals surface area contributed by atoms with Gasteiger partial charge in [-0.1, -0.05) is 26.0 Å². The van der Waals surface area contributed by atoms with Gasteiger partial charge >= 0.3 is 0 Å². The highest BCUT2D eigenvalue weighted by Crippen LogP contribution is 2.19. The minimum absolute atomic E-state index is 0.202. The second-order valence-corrected chi connectivity index (χ2v) is 7.38. The molecule has 130 valence electrons. The third-order valence-corrected chi connectivity index (χ3v) is 5.98. The number of sulfonamides is 1. The average Bonchev–Trinajstić information content (AvgIpc) is 3.10. The lowest BCUT2D eigenvalue weighted by atomic mass is 10.1. The second-order valence-electron chi connectivity index (χ2n) is 5.44. The van der Waals surface area contributed by atoms with E-state index in [0.29, 0.717) is 18.8 Å². The zero-order valence-electron chi connectivity index (χ0n) is 14.1. The first-order valence-electron chi connectivity index (χ1n) is 7.94. The lowest BCUT2D eigenvalue weighted by Crippen LogP contribution is -2.30. The molecule has 0 saturated carbocycles. The summed E-state index contributed by atoms with van der Waals surface area (Å²) in [6.07, 6.45) is 1.69. The fourth-order valence-electron chi connectivity index (χ4n) is 2.47. The standard InChI is InChI=1S/C17H23N3O3S/c1-4-20(5-2)24(22,23)15-10-8-14(9-11-15)13(3)19-17(21)16-7-6-12-18-16/h6-13,18H,4-5H2,1-3H3,(H,19,21). The highest BCUT2D eigenvalue weighted by Gasteiger charge is 2.21. The van der Waals surface area contributed by atoms with E-state index in [4.69, 9.17) is 0 Å². The van der Waals surface area contributed by atoms with Gasteiger partial charge in [0, 0.05) is 19.3 Å². The summed E-state index contributed by atoms with van der Waals surface area (Å²) in [7, 11) is -3.46. The van der Waals surface area contributed by atoms with E-state index in [9.17, 15) is 13.2 Å². The maximum absolute atomic E-state index is 12.5. The Morgan fingerprint density at radius 3 is 2.29 bits per heavy atom. The van der Waals surface area contributed by atoms with Crippen LogP contribution in [0.2, 0.25) is 0 Å². The molecule has 0 aliphatic heterocycles. The predicted molar refractivity (Wildman–Crippen MR) is 93.2 cm³/mol. The third kappa shape index (κ3) is 3.85. The third-order valence-electron chi connectivity index (χ3n) is 3.91. The normalized spacial score (nSPS) is 13.0. The number of nitrogens with zero attached hydrogens (tertiary/aromatic N) is 1. The van der Waals surface area contributed by atoms with Gasteiger partial charge < -0.3 is 10.3 Å². The molecule has 1 atom stereocenters. The number of hydrogen-bond donors (Lipinski definition) is 2. The fourth-order valence-corrected chi connectivity index (χ4v) is 3.93. The molecule has 0 saturated heterocycles. The molecule has 2 rings (SSSR count). The van der Waals surface area contributed by atoms with Crippen molar-refractivity contribution in [1.82, 2.24) is 14.6 Å². The number of benzene rings is 1. The first-order valence-corrected chi connectivity index (χ1v) is 9.38. The molecule has 24 heavy (non-hydrogen) atoms. The fraction of sp³-hybridized carbons (Fsp3) is 0.353. The summed E-state index contributed by atoms with van der Waals surface area (Å²) >= 11 is 0. The molecule has 0 bridgehead atoms. The maximum atomic E-state index is 12.5. The second kappa shape index (κ2) is 7.63. The highest BCUT2D eigenvalue weighted by atomic mass is 32.2. The van der Waals surface area contributed by atoms with E-state index in [1.165, 1.54) is 4.31 Å².